The minimum Gasteiger partial charge on any atom is -0.510 e. The summed E-state index contributed by atoms with van der Waals surface area (Å²) in [6, 6.07) is 3.34. The molecule has 0 aromatic heterocycles. The first-order valence-electron chi connectivity index (χ1n) is 13.1. The average molecular weight is 561 g/mol. The van der Waals surface area contributed by atoms with Crippen LogP contribution in [0.4, 0.5) is 0 Å². The molecule has 11 heteroatoms. The number of likely N-dealkylation sites (N-methyl/N-ethyl adjacent to an activating group) is 1. The normalized spacial score (nSPS) is 30.4. The van der Waals surface area contributed by atoms with Crippen LogP contribution in [-0.2, 0) is 9.59 Å². The van der Waals surface area contributed by atoms with E-state index >= 15 is 0 Å². The Morgan fingerprint density at radius 2 is 1.82 bits per heavy atom. The number of thioether (sulfide) groups is 1. The molecule has 0 saturated carbocycles. The van der Waals surface area contributed by atoms with Crippen LogP contribution in [0, 0.1) is 11.8 Å². The van der Waals surface area contributed by atoms with Crippen LogP contribution in [0.25, 0.3) is 0 Å². The Labute approximate surface area is 231 Å². The predicted octanol–water partition coefficient (Wildman–Crippen LogP) is 1.95. The molecule has 0 spiro atoms. The van der Waals surface area contributed by atoms with Crippen molar-refractivity contribution >= 4 is 29.2 Å². The zero-order valence-electron chi connectivity index (χ0n) is 22.3. The van der Waals surface area contributed by atoms with Crippen molar-refractivity contribution in [2.24, 2.45) is 17.6 Å². The SMILES string of the molecule is CCCCCCSC[C@H]1c2cccc(O)c2C(=O)C2=C(O)[C@]3(O)C(=O)C(C(N)=O)=C(O)[C@@H](N(C)C)[C@@H]3[C@@H](O)[C@@H]21. The third-order valence-electron chi connectivity index (χ3n) is 8.24. The second-order valence-corrected chi connectivity index (χ2v) is 11.9. The maximum Gasteiger partial charge on any atom is 0.255 e. The van der Waals surface area contributed by atoms with Crippen molar-refractivity contribution < 1.29 is 39.9 Å². The molecule has 4 rings (SSSR count). The average Bonchev–Trinajstić information content (AvgIpc) is 2.87. The first-order valence-corrected chi connectivity index (χ1v) is 14.3. The zero-order chi connectivity index (χ0) is 28.8. The number of aromatic hydroxyl groups is 1. The van der Waals surface area contributed by atoms with Crippen LogP contribution in [0.15, 0.2) is 40.9 Å². The van der Waals surface area contributed by atoms with Crippen LogP contribution < -0.4 is 5.73 Å². The molecule has 0 aliphatic heterocycles. The number of aliphatic hydroxyl groups excluding tert-OH is 3. The molecule has 6 atom stereocenters. The molecule has 212 valence electrons. The highest BCUT2D eigenvalue weighted by atomic mass is 32.2. The molecular formula is C28H36N2O8S. The molecule has 0 saturated heterocycles. The number of benzene rings is 1. The maximum atomic E-state index is 13.8. The molecule has 7 N–H and O–H groups in total. The van der Waals surface area contributed by atoms with E-state index in [2.05, 4.69) is 6.92 Å². The third kappa shape index (κ3) is 4.45. The molecule has 0 heterocycles. The summed E-state index contributed by atoms with van der Waals surface area (Å²) in [6.45, 7) is 2.12. The molecule has 1 aromatic carbocycles. The Morgan fingerprint density at radius 1 is 1.13 bits per heavy atom. The quantitative estimate of drug-likeness (QED) is 0.193. The Hall–Kier alpha value is -2.86. The van der Waals surface area contributed by atoms with Crippen molar-refractivity contribution in [1.29, 1.82) is 0 Å². The molecule has 1 aromatic rings. The summed E-state index contributed by atoms with van der Waals surface area (Å²) in [5, 5.41) is 56.8. The van der Waals surface area contributed by atoms with E-state index in [1.54, 1.807) is 23.9 Å². The molecule has 0 bridgehead atoms. The fourth-order valence-electron chi connectivity index (χ4n) is 6.44. The van der Waals surface area contributed by atoms with E-state index in [4.69, 9.17) is 5.73 Å². The molecule has 39 heavy (non-hydrogen) atoms. The number of phenolic OH excluding ortho intramolecular Hbond substituents is 1. The second kappa shape index (κ2) is 11.0. The van der Waals surface area contributed by atoms with Crippen molar-refractivity contribution in [3.63, 3.8) is 0 Å². The molecule has 0 fully saturated rings. The number of ketones is 2. The number of carbonyl (C=O) groups is 3. The summed E-state index contributed by atoms with van der Waals surface area (Å²) >= 11 is 1.61. The summed E-state index contributed by atoms with van der Waals surface area (Å²) in [7, 11) is 3.03. The number of Topliss-reactive ketones (excluding diaryl/α,β-unsaturated/α-hetero) is 2. The first kappa shape index (κ1) is 29.1. The van der Waals surface area contributed by atoms with E-state index in [1.165, 1.54) is 25.1 Å². The van der Waals surface area contributed by atoms with Gasteiger partial charge in [-0.25, -0.2) is 0 Å². The first-order chi connectivity index (χ1) is 18.4. The largest absolute Gasteiger partial charge is 0.510 e. The van der Waals surface area contributed by atoms with E-state index < -0.39 is 70.1 Å². The maximum absolute atomic E-state index is 13.8. The second-order valence-electron chi connectivity index (χ2n) is 10.7. The lowest BCUT2D eigenvalue weighted by atomic mass is 9.55. The van der Waals surface area contributed by atoms with E-state index in [1.807, 2.05) is 0 Å². The van der Waals surface area contributed by atoms with Crippen molar-refractivity contribution in [3.05, 3.63) is 52.0 Å². The van der Waals surface area contributed by atoms with Crippen molar-refractivity contribution in [2.45, 2.75) is 56.3 Å². The highest BCUT2D eigenvalue weighted by Crippen LogP contribution is 2.56. The predicted molar refractivity (Wildman–Crippen MR) is 146 cm³/mol. The minimum absolute atomic E-state index is 0.0675. The molecule has 0 unspecified atom stereocenters. The fraction of sp³-hybridized carbons (Fsp3) is 0.536. The molecule has 1 amide bonds. The molecule has 3 aliphatic rings. The third-order valence-corrected chi connectivity index (χ3v) is 9.41. The lowest BCUT2D eigenvalue weighted by Crippen LogP contribution is -2.68. The number of carbonyl (C=O) groups excluding carboxylic acids is 3. The van der Waals surface area contributed by atoms with Crippen LogP contribution in [0.1, 0.15) is 54.4 Å². The Kier molecular flexibility index (Phi) is 8.18. The van der Waals surface area contributed by atoms with Crippen LogP contribution in [-0.4, -0.2) is 91.3 Å². The topological polar surface area (TPSA) is 182 Å². The number of nitrogens with two attached hydrogens (primary N) is 1. The monoisotopic (exact) mass is 560 g/mol. The number of hydrogen-bond acceptors (Lipinski definition) is 10. The van der Waals surface area contributed by atoms with Gasteiger partial charge in [-0.3, -0.25) is 19.3 Å². The number of primary amides is 1. The van der Waals surface area contributed by atoms with Gasteiger partial charge in [-0.1, -0.05) is 38.3 Å². The van der Waals surface area contributed by atoms with Gasteiger partial charge in [0.25, 0.3) is 5.91 Å². The fourth-order valence-corrected chi connectivity index (χ4v) is 7.66. The molecule has 0 radical (unpaired) electrons. The van der Waals surface area contributed by atoms with Gasteiger partial charge in [0, 0.05) is 23.2 Å². The number of amides is 1. The van der Waals surface area contributed by atoms with Gasteiger partial charge in [0.1, 0.15) is 22.8 Å². The lowest BCUT2D eigenvalue weighted by molar-refractivity contribution is -0.162. The van der Waals surface area contributed by atoms with E-state index in [0.717, 1.165) is 31.4 Å². The number of unbranched alkanes of at least 4 members (excludes halogenated alkanes) is 3. The lowest BCUT2D eigenvalue weighted by Gasteiger charge is -2.53. The van der Waals surface area contributed by atoms with Crippen LogP contribution in [0.2, 0.25) is 0 Å². The van der Waals surface area contributed by atoms with Crippen LogP contribution in [0.3, 0.4) is 0 Å². The number of phenols is 1. The van der Waals surface area contributed by atoms with Gasteiger partial charge < -0.3 is 31.3 Å². The molecular weight excluding hydrogens is 524 g/mol. The van der Waals surface area contributed by atoms with E-state index in [-0.39, 0.29) is 16.9 Å². The van der Waals surface area contributed by atoms with Gasteiger partial charge in [0.2, 0.25) is 5.78 Å². The van der Waals surface area contributed by atoms with Gasteiger partial charge in [0.15, 0.2) is 11.4 Å². The van der Waals surface area contributed by atoms with Gasteiger partial charge in [-0.2, -0.15) is 11.8 Å². The number of rotatable bonds is 9. The van der Waals surface area contributed by atoms with E-state index in [9.17, 15) is 39.9 Å². The zero-order valence-corrected chi connectivity index (χ0v) is 23.1. The van der Waals surface area contributed by atoms with Crippen molar-refractivity contribution in [1.82, 2.24) is 4.90 Å². The standard InChI is InChI=1S/C28H36N2O8S/c1-4-5-6-7-11-39-12-14-13-9-8-10-15(31)16(13)22(32)18-17(14)23(33)20-21(30(2)3)24(34)19(27(29)37)26(36)28(20,38)25(18)35/h8-10,14,17,20-21,23,31,33-35,38H,4-7,11-12H2,1-3H3,(H2,29,37)/t14-,17+,20+,21-,23-,28-/m0/s1. The Bertz CT molecular complexity index is 1260. The number of aliphatic hydroxyl groups is 4. The van der Waals surface area contributed by atoms with Crippen LogP contribution >= 0.6 is 11.8 Å². The molecule has 10 nitrogen and oxygen atoms in total. The van der Waals surface area contributed by atoms with Crippen molar-refractivity contribution in [2.75, 3.05) is 25.6 Å². The van der Waals surface area contributed by atoms with Gasteiger partial charge in [-0.15, -0.1) is 0 Å². The van der Waals surface area contributed by atoms with E-state index in [0.29, 0.717) is 11.3 Å². The summed E-state index contributed by atoms with van der Waals surface area (Å²) in [5.74, 6) is -7.48. The Morgan fingerprint density at radius 3 is 2.44 bits per heavy atom. The summed E-state index contributed by atoms with van der Waals surface area (Å²) in [6.07, 6.45) is 2.66. The number of hydrogen-bond donors (Lipinski definition) is 6. The summed E-state index contributed by atoms with van der Waals surface area (Å²) < 4.78 is 0. The number of fused-ring (bicyclic) bond motifs is 3. The van der Waals surface area contributed by atoms with Crippen LogP contribution in [0.5, 0.6) is 5.75 Å². The van der Waals surface area contributed by atoms with Crippen molar-refractivity contribution in [3.8, 4) is 5.75 Å². The highest BCUT2D eigenvalue weighted by molar-refractivity contribution is 7.99. The van der Waals surface area contributed by atoms with Gasteiger partial charge in [-0.05, 0) is 37.9 Å². The highest BCUT2D eigenvalue weighted by Gasteiger charge is 2.67. The smallest absolute Gasteiger partial charge is 0.255 e. The Balaban J connectivity index is 1.90. The molecule has 3 aliphatic carbocycles. The minimum atomic E-state index is -2.91. The number of nitrogens with zero attached hydrogens (tertiary/aromatic N) is 1. The summed E-state index contributed by atoms with van der Waals surface area (Å²) in [5.41, 5.74) is 1.59. The van der Waals surface area contributed by atoms with Gasteiger partial charge >= 0.3 is 0 Å². The van der Waals surface area contributed by atoms with Gasteiger partial charge in [0.05, 0.1) is 23.6 Å². The summed E-state index contributed by atoms with van der Waals surface area (Å²) in [4.78, 5) is 40.8.